The molecule has 15 heavy (non-hydrogen) atoms. The van der Waals surface area contributed by atoms with E-state index in [4.69, 9.17) is 5.53 Å². The first kappa shape index (κ1) is 10.5. The van der Waals surface area contributed by atoms with Crippen LogP contribution in [0.25, 0.3) is 10.4 Å². The highest BCUT2D eigenvalue weighted by atomic mass is 79.9. The van der Waals surface area contributed by atoms with Gasteiger partial charge in [-0.2, -0.15) is 0 Å². The minimum absolute atomic E-state index is 0.300. The van der Waals surface area contributed by atoms with Crippen LogP contribution in [-0.2, 0) is 5.41 Å². The summed E-state index contributed by atoms with van der Waals surface area (Å²) in [5.41, 5.74) is 9.92. The summed E-state index contributed by atoms with van der Waals surface area (Å²) in [6.07, 6.45) is 3.41. The Morgan fingerprint density at radius 2 is 2.00 bits per heavy atom. The lowest BCUT2D eigenvalue weighted by molar-refractivity contribution is 0.628. The van der Waals surface area contributed by atoms with Crippen molar-refractivity contribution in [2.75, 3.05) is 6.54 Å². The highest BCUT2D eigenvalue weighted by Gasteiger charge is 2.43. The molecule has 0 heterocycles. The van der Waals surface area contributed by atoms with Crippen LogP contribution in [-0.4, -0.2) is 6.54 Å². The fourth-order valence-corrected chi connectivity index (χ4v) is 2.21. The molecule has 0 aromatic heterocycles. The van der Waals surface area contributed by atoms with Crippen molar-refractivity contribution in [1.29, 1.82) is 0 Å². The van der Waals surface area contributed by atoms with Crippen molar-refractivity contribution in [3.8, 4) is 0 Å². The summed E-state index contributed by atoms with van der Waals surface area (Å²) >= 11 is 3.43. The number of azide groups is 1. The first-order valence-corrected chi connectivity index (χ1v) is 5.83. The van der Waals surface area contributed by atoms with Crippen molar-refractivity contribution in [3.05, 3.63) is 44.7 Å². The van der Waals surface area contributed by atoms with E-state index in [0.29, 0.717) is 12.0 Å². The molecular formula is C11H12BrN3. The average molecular weight is 266 g/mol. The summed E-state index contributed by atoms with van der Waals surface area (Å²) in [5, 5.41) is 3.61. The quantitative estimate of drug-likeness (QED) is 0.446. The molecule has 0 unspecified atom stereocenters. The molecule has 1 aliphatic carbocycles. The number of rotatable bonds is 4. The standard InChI is InChI=1S/C11H12BrN3/c12-10-3-1-9(2-4-10)11(5-6-11)7-8-14-15-13/h1-4H,5-8H2. The summed E-state index contributed by atoms with van der Waals surface area (Å²) in [5.74, 6) is 0. The second kappa shape index (κ2) is 4.25. The van der Waals surface area contributed by atoms with E-state index >= 15 is 0 Å². The van der Waals surface area contributed by atoms with E-state index in [0.717, 1.165) is 10.9 Å². The van der Waals surface area contributed by atoms with Gasteiger partial charge in [-0.1, -0.05) is 33.2 Å². The Labute approximate surface area is 97.3 Å². The van der Waals surface area contributed by atoms with Gasteiger partial charge in [0, 0.05) is 15.9 Å². The molecule has 0 N–H and O–H groups in total. The normalized spacial score (nSPS) is 16.9. The molecule has 3 nitrogen and oxygen atoms in total. The molecule has 1 saturated carbocycles. The first-order chi connectivity index (χ1) is 7.27. The Balaban J connectivity index is 2.08. The predicted octanol–water partition coefficient (Wildman–Crippen LogP) is 4.18. The zero-order chi connectivity index (χ0) is 10.7. The van der Waals surface area contributed by atoms with Gasteiger partial charge in [0.1, 0.15) is 0 Å². The average Bonchev–Trinajstić information content (AvgIpc) is 3.00. The molecule has 0 radical (unpaired) electrons. The molecule has 1 aromatic rings. The van der Waals surface area contributed by atoms with Crippen LogP contribution >= 0.6 is 15.9 Å². The van der Waals surface area contributed by atoms with Crippen molar-refractivity contribution in [1.82, 2.24) is 0 Å². The second-order valence-corrected chi connectivity index (χ2v) is 4.91. The summed E-state index contributed by atoms with van der Waals surface area (Å²) in [6.45, 7) is 0.604. The number of hydrogen-bond acceptors (Lipinski definition) is 1. The minimum atomic E-state index is 0.300. The Hall–Kier alpha value is -0.990. The summed E-state index contributed by atoms with van der Waals surface area (Å²) in [7, 11) is 0. The Bertz CT molecular complexity index is 389. The molecule has 1 aliphatic rings. The Kier molecular flexibility index (Phi) is 2.98. The highest BCUT2D eigenvalue weighted by Crippen LogP contribution is 2.51. The summed E-state index contributed by atoms with van der Waals surface area (Å²) < 4.78 is 1.11. The number of hydrogen-bond donors (Lipinski definition) is 0. The van der Waals surface area contributed by atoms with Gasteiger partial charge in [0.05, 0.1) is 0 Å². The molecule has 0 aliphatic heterocycles. The first-order valence-electron chi connectivity index (χ1n) is 5.04. The molecule has 1 aromatic carbocycles. The largest absolute Gasteiger partial charge is 0.0939 e. The van der Waals surface area contributed by atoms with Gasteiger partial charge in [-0.3, -0.25) is 0 Å². The predicted molar refractivity (Wildman–Crippen MR) is 63.7 cm³/mol. The summed E-state index contributed by atoms with van der Waals surface area (Å²) in [4.78, 5) is 2.79. The van der Waals surface area contributed by atoms with E-state index in [9.17, 15) is 0 Å². The van der Waals surface area contributed by atoms with Crippen LogP contribution in [0, 0.1) is 0 Å². The maximum Gasteiger partial charge on any atom is 0.0266 e. The van der Waals surface area contributed by atoms with Gasteiger partial charge in [0.25, 0.3) is 0 Å². The van der Waals surface area contributed by atoms with Crippen molar-refractivity contribution < 1.29 is 0 Å². The maximum atomic E-state index is 8.24. The van der Waals surface area contributed by atoms with Gasteiger partial charge in [-0.05, 0) is 47.9 Å². The fourth-order valence-electron chi connectivity index (χ4n) is 1.95. The van der Waals surface area contributed by atoms with E-state index in [1.165, 1.54) is 18.4 Å². The van der Waals surface area contributed by atoms with Crippen LogP contribution in [0.3, 0.4) is 0 Å². The molecule has 0 spiro atoms. The molecule has 0 bridgehead atoms. The third-order valence-corrected chi connectivity index (χ3v) is 3.59. The third-order valence-electron chi connectivity index (χ3n) is 3.06. The van der Waals surface area contributed by atoms with E-state index < -0.39 is 0 Å². The number of benzene rings is 1. The van der Waals surface area contributed by atoms with Gasteiger partial charge in [-0.15, -0.1) is 0 Å². The topological polar surface area (TPSA) is 48.8 Å². The fraction of sp³-hybridized carbons (Fsp3) is 0.455. The van der Waals surface area contributed by atoms with Crippen molar-refractivity contribution in [3.63, 3.8) is 0 Å². The van der Waals surface area contributed by atoms with E-state index in [1.54, 1.807) is 0 Å². The SMILES string of the molecule is [N-]=[N+]=NCCC1(c2ccc(Br)cc2)CC1. The molecule has 0 atom stereocenters. The molecule has 4 heteroatoms. The van der Waals surface area contributed by atoms with Crippen LogP contribution < -0.4 is 0 Å². The van der Waals surface area contributed by atoms with Crippen molar-refractivity contribution >= 4 is 15.9 Å². The van der Waals surface area contributed by atoms with Crippen LogP contribution in [0.1, 0.15) is 24.8 Å². The Morgan fingerprint density at radius 3 is 2.53 bits per heavy atom. The highest BCUT2D eigenvalue weighted by molar-refractivity contribution is 9.10. The molecular weight excluding hydrogens is 254 g/mol. The van der Waals surface area contributed by atoms with E-state index in [1.807, 2.05) is 0 Å². The smallest absolute Gasteiger partial charge is 0.0266 e. The monoisotopic (exact) mass is 265 g/mol. The van der Waals surface area contributed by atoms with Crippen LogP contribution in [0.5, 0.6) is 0 Å². The van der Waals surface area contributed by atoms with Gasteiger partial charge >= 0.3 is 0 Å². The maximum absolute atomic E-state index is 8.24. The number of nitrogens with zero attached hydrogens (tertiary/aromatic N) is 3. The molecule has 1 fully saturated rings. The minimum Gasteiger partial charge on any atom is -0.0939 e. The van der Waals surface area contributed by atoms with Crippen molar-refractivity contribution in [2.24, 2.45) is 5.11 Å². The van der Waals surface area contributed by atoms with Crippen LogP contribution in [0.2, 0.25) is 0 Å². The van der Waals surface area contributed by atoms with Gasteiger partial charge in [-0.25, -0.2) is 0 Å². The van der Waals surface area contributed by atoms with Gasteiger partial charge in [0.15, 0.2) is 0 Å². The van der Waals surface area contributed by atoms with Gasteiger partial charge < -0.3 is 0 Å². The zero-order valence-electron chi connectivity index (χ0n) is 8.36. The van der Waals surface area contributed by atoms with Crippen LogP contribution in [0.4, 0.5) is 0 Å². The molecule has 0 amide bonds. The third kappa shape index (κ3) is 2.33. The van der Waals surface area contributed by atoms with Gasteiger partial charge in [0.2, 0.25) is 0 Å². The Morgan fingerprint density at radius 1 is 1.33 bits per heavy atom. The lowest BCUT2D eigenvalue weighted by atomic mass is 9.93. The lowest BCUT2D eigenvalue weighted by Gasteiger charge is -2.13. The van der Waals surface area contributed by atoms with Crippen molar-refractivity contribution in [2.45, 2.75) is 24.7 Å². The summed E-state index contributed by atoms with van der Waals surface area (Å²) in [6, 6.07) is 8.46. The zero-order valence-corrected chi connectivity index (χ0v) is 9.94. The second-order valence-electron chi connectivity index (χ2n) is 3.99. The van der Waals surface area contributed by atoms with E-state index in [-0.39, 0.29) is 0 Å². The van der Waals surface area contributed by atoms with Crippen LogP contribution in [0.15, 0.2) is 33.9 Å². The lowest BCUT2D eigenvalue weighted by Crippen LogP contribution is -2.07. The molecule has 78 valence electrons. The molecule has 0 saturated heterocycles. The molecule has 2 rings (SSSR count). The number of halogens is 1. The van der Waals surface area contributed by atoms with E-state index in [2.05, 4.69) is 50.2 Å².